The molecule has 1 N–H and O–H groups in total. The first-order chi connectivity index (χ1) is 13.1. The molecule has 2 heterocycles. The summed E-state index contributed by atoms with van der Waals surface area (Å²) in [7, 11) is 0. The Morgan fingerprint density at radius 1 is 1.32 bits per heavy atom. The Morgan fingerprint density at radius 2 is 1.96 bits per heavy atom. The second kappa shape index (κ2) is 7.60. The summed E-state index contributed by atoms with van der Waals surface area (Å²) in [5.41, 5.74) is -0.538. The molecule has 0 aliphatic carbocycles. The Balaban J connectivity index is 2.28. The zero-order chi connectivity index (χ0) is 20.6. The van der Waals surface area contributed by atoms with Gasteiger partial charge in [0.25, 0.3) is 5.56 Å². The lowest BCUT2D eigenvalue weighted by Gasteiger charge is -2.40. The molecular formula is C19H25ClN4O4. The normalized spacial score (nSPS) is 16.2. The number of hydrogen-bond donors (Lipinski definition) is 1. The van der Waals surface area contributed by atoms with Gasteiger partial charge in [-0.1, -0.05) is 17.7 Å². The first-order valence-corrected chi connectivity index (χ1v) is 9.57. The summed E-state index contributed by atoms with van der Waals surface area (Å²) in [6.07, 6.45) is -1.08. The van der Waals surface area contributed by atoms with E-state index >= 15 is 0 Å². The molecule has 3 rings (SSSR count). The molecule has 0 spiro atoms. The highest BCUT2D eigenvalue weighted by Gasteiger charge is 2.35. The molecular weight excluding hydrogens is 384 g/mol. The van der Waals surface area contributed by atoms with Crippen molar-refractivity contribution in [2.24, 2.45) is 0 Å². The number of ether oxygens (including phenoxy) is 1. The Hall–Kier alpha value is -2.32. The van der Waals surface area contributed by atoms with Crippen LogP contribution in [0.25, 0.3) is 10.9 Å². The predicted octanol–water partition coefficient (Wildman–Crippen LogP) is 2.86. The van der Waals surface area contributed by atoms with Crippen molar-refractivity contribution in [2.45, 2.75) is 39.3 Å². The number of fused-ring (bicyclic) bond motifs is 1. The summed E-state index contributed by atoms with van der Waals surface area (Å²) in [5.74, 6) is 0.360. The van der Waals surface area contributed by atoms with Gasteiger partial charge in [0.05, 0.1) is 48.3 Å². The topological polar surface area (TPSA) is 87.9 Å². The minimum atomic E-state index is -1.08. The summed E-state index contributed by atoms with van der Waals surface area (Å²) in [5, 5.41) is 12.3. The van der Waals surface area contributed by atoms with Crippen molar-refractivity contribution in [3.63, 3.8) is 0 Å². The number of aromatic nitrogens is 2. The van der Waals surface area contributed by atoms with E-state index < -0.39 is 17.7 Å². The van der Waals surface area contributed by atoms with Crippen LogP contribution >= 0.6 is 11.6 Å². The van der Waals surface area contributed by atoms with E-state index in [1.54, 1.807) is 25.1 Å². The number of amides is 1. The number of rotatable bonds is 3. The Bertz CT molecular complexity index is 947. The third kappa shape index (κ3) is 3.66. The highest BCUT2D eigenvalue weighted by Crippen LogP contribution is 2.28. The molecule has 0 unspecified atom stereocenters. The summed E-state index contributed by atoms with van der Waals surface area (Å²) >= 11 is 6.29. The maximum Gasteiger partial charge on any atom is 0.408 e. The molecule has 1 fully saturated rings. The molecule has 1 saturated heterocycles. The zero-order valence-corrected chi connectivity index (χ0v) is 17.2. The summed E-state index contributed by atoms with van der Waals surface area (Å²) in [6.45, 7) is 9.13. The first kappa shape index (κ1) is 20.4. The number of halogens is 1. The van der Waals surface area contributed by atoms with Gasteiger partial charge in [0, 0.05) is 5.54 Å². The second-order valence-corrected chi connectivity index (χ2v) is 8.19. The molecule has 1 aliphatic heterocycles. The number of carbonyl (C=O) groups is 1. The van der Waals surface area contributed by atoms with E-state index in [1.807, 2.05) is 25.8 Å². The maximum absolute atomic E-state index is 13.4. The van der Waals surface area contributed by atoms with E-state index in [4.69, 9.17) is 16.3 Å². The first-order valence-electron chi connectivity index (χ1n) is 9.19. The van der Waals surface area contributed by atoms with Crippen molar-refractivity contribution >= 4 is 28.6 Å². The summed E-state index contributed by atoms with van der Waals surface area (Å²) in [6, 6.07) is 4.43. The van der Waals surface area contributed by atoms with E-state index in [0.29, 0.717) is 48.1 Å². The van der Waals surface area contributed by atoms with E-state index in [1.165, 1.54) is 9.58 Å². The minimum absolute atomic E-state index is 0.307. The maximum atomic E-state index is 13.4. The van der Waals surface area contributed by atoms with E-state index in [-0.39, 0.29) is 5.56 Å². The van der Waals surface area contributed by atoms with Crippen LogP contribution in [0.4, 0.5) is 4.79 Å². The second-order valence-electron chi connectivity index (χ2n) is 7.79. The smallest absolute Gasteiger partial charge is 0.408 e. The molecule has 0 saturated carbocycles. The number of morpholine rings is 1. The number of hydrogen-bond acceptors (Lipinski definition) is 5. The van der Waals surface area contributed by atoms with Crippen LogP contribution in [0.3, 0.4) is 0 Å². The number of benzene rings is 1. The van der Waals surface area contributed by atoms with Crippen LogP contribution in [-0.4, -0.2) is 57.6 Å². The van der Waals surface area contributed by atoms with Crippen LogP contribution in [0.2, 0.25) is 5.02 Å². The van der Waals surface area contributed by atoms with Crippen LogP contribution in [0.1, 0.15) is 39.6 Å². The van der Waals surface area contributed by atoms with Crippen molar-refractivity contribution in [2.75, 3.05) is 31.3 Å². The van der Waals surface area contributed by atoms with Gasteiger partial charge >= 0.3 is 6.09 Å². The van der Waals surface area contributed by atoms with Gasteiger partial charge in [-0.05, 0) is 39.8 Å². The van der Waals surface area contributed by atoms with E-state index in [2.05, 4.69) is 4.98 Å². The lowest BCUT2D eigenvalue weighted by atomic mass is 10.0. The average Bonchev–Trinajstić information content (AvgIpc) is 2.60. The molecule has 1 aromatic carbocycles. The van der Waals surface area contributed by atoms with Gasteiger partial charge in [0.15, 0.2) is 5.82 Å². The number of carboxylic acid groups (broad SMARTS) is 1. The van der Waals surface area contributed by atoms with Crippen molar-refractivity contribution < 1.29 is 14.6 Å². The summed E-state index contributed by atoms with van der Waals surface area (Å²) < 4.78 is 6.88. The van der Waals surface area contributed by atoms with Crippen molar-refractivity contribution in [1.29, 1.82) is 0 Å². The molecule has 1 aliphatic rings. The van der Waals surface area contributed by atoms with Gasteiger partial charge in [-0.2, -0.15) is 0 Å². The molecule has 152 valence electrons. The van der Waals surface area contributed by atoms with Crippen molar-refractivity contribution in [1.82, 2.24) is 14.6 Å². The lowest BCUT2D eigenvalue weighted by Crippen LogP contribution is -2.53. The fraction of sp³-hybridized carbons (Fsp3) is 0.526. The Morgan fingerprint density at radius 3 is 2.54 bits per heavy atom. The van der Waals surface area contributed by atoms with Gasteiger partial charge in [0.1, 0.15) is 0 Å². The van der Waals surface area contributed by atoms with Gasteiger partial charge in [0.2, 0.25) is 0 Å². The highest BCUT2D eigenvalue weighted by atomic mass is 35.5. The minimum Gasteiger partial charge on any atom is -0.465 e. The van der Waals surface area contributed by atoms with Gasteiger partial charge in [-0.3, -0.25) is 9.69 Å². The third-order valence-corrected chi connectivity index (χ3v) is 5.12. The van der Waals surface area contributed by atoms with Gasteiger partial charge in [-0.25, -0.2) is 14.5 Å². The molecule has 8 nitrogen and oxygen atoms in total. The summed E-state index contributed by atoms with van der Waals surface area (Å²) in [4.78, 5) is 31.4. The van der Waals surface area contributed by atoms with Crippen LogP contribution in [0, 0.1) is 0 Å². The van der Waals surface area contributed by atoms with E-state index in [0.717, 1.165) is 0 Å². The quantitative estimate of drug-likeness (QED) is 0.840. The molecule has 1 amide bonds. The zero-order valence-electron chi connectivity index (χ0n) is 16.5. The molecule has 1 atom stereocenters. The van der Waals surface area contributed by atoms with Crippen LogP contribution < -0.4 is 10.6 Å². The fourth-order valence-corrected chi connectivity index (χ4v) is 3.90. The predicted molar refractivity (Wildman–Crippen MR) is 108 cm³/mol. The molecule has 1 aromatic heterocycles. The number of nitrogens with zero attached hydrogens (tertiary/aromatic N) is 4. The molecule has 0 radical (unpaired) electrons. The fourth-order valence-electron chi connectivity index (χ4n) is 3.64. The average molecular weight is 409 g/mol. The SMILES string of the molecule is C[C@@H](c1nc2cccc(Cl)c2c(=O)n1N1CCOCC1)N(C(=O)O)C(C)(C)C. The Kier molecular flexibility index (Phi) is 5.54. The van der Waals surface area contributed by atoms with Crippen molar-refractivity contribution in [3.05, 3.63) is 39.4 Å². The van der Waals surface area contributed by atoms with Crippen LogP contribution in [0.5, 0.6) is 0 Å². The largest absolute Gasteiger partial charge is 0.465 e. The van der Waals surface area contributed by atoms with Gasteiger partial charge in [-0.15, -0.1) is 0 Å². The molecule has 2 aromatic rings. The van der Waals surface area contributed by atoms with E-state index in [9.17, 15) is 14.7 Å². The third-order valence-electron chi connectivity index (χ3n) is 4.81. The molecule has 28 heavy (non-hydrogen) atoms. The Labute approximate surface area is 168 Å². The van der Waals surface area contributed by atoms with Crippen LogP contribution in [-0.2, 0) is 4.74 Å². The monoisotopic (exact) mass is 408 g/mol. The molecule has 0 bridgehead atoms. The highest BCUT2D eigenvalue weighted by molar-refractivity contribution is 6.35. The molecule has 9 heteroatoms. The lowest BCUT2D eigenvalue weighted by molar-refractivity contribution is 0.0690. The van der Waals surface area contributed by atoms with Crippen molar-refractivity contribution in [3.8, 4) is 0 Å². The standard InChI is InChI=1S/C19H25ClN4O4/c1-12(23(18(26)27)19(2,3)4)16-21-14-7-5-6-13(20)15(14)17(25)24(16)22-8-10-28-11-9-22/h5-7,12H,8-11H2,1-4H3,(H,26,27)/t12-/m0/s1. The van der Waals surface area contributed by atoms with Crippen LogP contribution in [0.15, 0.2) is 23.0 Å². The van der Waals surface area contributed by atoms with Gasteiger partial charge < -0.3 is 14.9 Å².